The Morgan fingerprint density at radius 2 is 2.00 bits per heavy atom. The minimum atomic E-state index is -3.76. The molecule has 0 aliphatic rings. The minimum Gasteiger partial charge on any atom is -0.211 e. The third kappa shape index (κ3) is 3.11. The molecule has 1 aromatic rings. The van der Waals surface area contributed by atoms with Crippen LogP contribution in [-0.2, 0) is 10.0 Å². The Kier molecular flexibility index (Phi) is 5.04. The number of sulfonamides is 1. The van der Waals surface area contributed by atoms with Gasteiger partial charge in [-0.05, 0) is 19.4 Å². The molecule has 0 saturated carbocycles. The van der Waals surface area contributed by atoms with Crippen LogP contribution >= 0.6 is 0 Å². The summed E-state index contributed by atoms with van der Waals surface area (Å²) in [4.78, 5) is 0. The van der Waals surface area contributed by atoms with E-state index in [1.165, 1.54) is 13.1 Å². The van der Waals surface area contributed by atoms with Gasteiger partial charge in [0.05, 0.1) is 6.07 Å². The Morgan fingerprint density at radius 3 is 2.47 bits per heavy atom. The molecule has 0 amide bonds. The lowest BCUT2D eigenvalue weighted by Crippen LogP contribution is -2.37. The summed E-state index contributed by atoms with van der Waals surface area (Å²) in [6.07, 6.45) is 0.202. The van der Waals surface area contributed by atoms with E-state index in [-0.39, 0.29) is 6.42 Å². The van der Waals surface area contributed by atoms with Gasteiger partial charge in [0.1, 0.15) is 5.82 Å². The molecule has 0 aliphatic heterocycles. The van der Waals surface area contributed by atoms with Crippen LogP contribution in [0, 0.1) is 17.1 Å². The molecular formula is C13H17FN2O2S. The highest BCUT2D eigenvalue weighted by molar-refractivity contribution is 7.90. The van der Waals surface area contributed by atoms with Crippen LogP contribution in [-0.4, -0.2) is 25.0 Å². The van der Waals surface area contributed by atoms with Crippen LogP contribution in [0.2, 0.25) is 0 Å². The van der Waals surface area contributed by atoms with E-state index in [4.69, 9.17) is 5.26 Å². The molecule has 2 unspecified atom stereocenters. The van der Waals surface area contributed by atoms with Crippen LogP contribution in [0.15, 0.2) is 24.3 Å². The van der Waals surface area contributed by atoms with E-state index in [1.807, 2.05) is 0 Å². The Bertz CT molecular complexity index is 581. The second kappa shape index (κ2) is 6.13. The quantitative estimate of drug-likeness (QED) is 0.834. The van der Waals surface area contributed by atoms with Crippen molar-refractivity contribution in [2.24, 2.45) is 0 Å². The largest absolute Gasteiger partial charge is 0.230 e. The third-order valence-corrected chi connectivity index (χ3v) is 5.45. The summed E-state index contributed by atoms with van der Waals surface area (Å²) in [5.74, 6) is -0.456. The monoisotopic (exact) mass is 284 g/mol. The van der Waals surface area contributed by atoms with E-state index >= 15 is 0 Å². The Balaban J connectivity index is 3.11. The molecule has 0 spiro atoms. The Morgan fingerprint density at radius 1 is 1.42 bits per heavy atom. The molecule has 0 fully saturated rings. The van der Waals surface area contributed by atoms with E-state index in [9.17, 15) is 12.8 Å². The predicted molar refractivity (Wildman–Crippen MR) is 71.2 cm³/mol. The molecule has 2 atom stereocenters. The van der Waals surface area contributed by atoms with Crippen molar-refractivity contribution in [3.05, 3.63) is 35.6 Å². The van der Waals surface area contributed by atoms with E-state index in [0.717, 1.165) is 4.31 Å². The first-order valence-corrected chi connectivity index (χ1v) is 7.47. The zero-order valence-corrected chi connectivity index (χ0v) is 12.0. The fraction of sp³-hybridized carbons (Fsp3) is 0.462. The third-order valence-electron chi connectivity index (χ3n) is 3.18. The summed E-state index contributed by atoms with van der Waals surface area (Å²) in [6, 6.07) is 7.13. The number of rotatable bonds is 5. The molecule has 0 N–H and O–H groups in total. The topological polar surface area (TPSA) is 61.2 Å². The van der Waals surface area contributed by atoms with Crippen LogP contribution in [0.1, 0.15) is 31.9 Å². The van der Waals surface area contributed by atoms with Gasteiger partial charge in [-0.3, -0.25) is 0 Å². The summed E-state index contributed by atoms with van der Waals surface area (Å²) in [7, 11) is -2.39. The maximum atomic E-state index is 13.7. The van der Waals surface area contributed by atoms with Gasteiger partial charge in [-0.2, -0.15) is 9.57 Å². The first-order valence-electron chi connectivity index (χ1n) is 5.97. The lowest BCUT2D eigenvalue weighted by atomic mass is 10.1. The van der Waals surface area contributed by atoms with Gasteiger partial charge in [0.25, 0.3) is 0 Å². The average Bonchev–Trinajstić information content (AvgIpc) is 2.38. The van der Waals surface area contributed by atoms with E-state index in [1.54, 1.807) is 38.1 Å². The molecule has 0 bridgehead atoms. The number of benzene rings is 1. The molecule has 6 heteroatoms. The minimum absolute atomic E-state index is 0.202. The highest BCUT2D eigenvalue weighted by atomic mass is 32.2. The molecule has 1 aromatic carbocycles. The molecule has 4 nitrogen and oxygen atoms in total. The van der Waals surface area contributed by atoms with Crippen molar-refractivity contribution in [3.63, 3.8) is 0 Å². The Hall–Kier alpha value is -1.45. The molecule has 0 aromatic heterocycles. The van der Waals surface area contributed by atoms with Crippen molar-refractivity contribution >= 4 is 10.0 Å². The second-order valence-electron chi connectivity index (χ2n) is 4.28. The van der Waals surface area contributed by atoms with Gasteiger partial charge in [-0.1, -0.05) is 25.1 Å². The van der Waals surface area contributed by atoms with Crippen LogP contribution in [0.5, 0.6) is 0 Å². The summed E-state index contributed by atoms with van der Waals surface area (Å²) < 4.78 is 39.1. The van der Waals surface area contributed by atoms with Gasteiger partial charge in [0, 0.05) is 18.7 Å². The molecule has 1 rings (SSSR count). The zero-order chi connectivity index (χ0) is 14.6. The van der Waals surface area contributed by atoms with Gasteiger partial charge < -0.3 is 0 Å². The van der Waals surface area contributed by atoms with Gasteiger partial charge in [-0.15, -0.1) is 0 Å². The number of nitriles is 1. The summed E-state index contributed by atoms with van der Waals surface area (Å²) in [5.41, 5.74) is 0.293. The lowest BCUT2D eigenvalue weighted by molar-refractivity contribution is 0.384. The smallest absolute Gasteiger partial charge is 0.211 e. The number of hydrogen-bond acceptors (Lipinski definition) is 3. The van der Waals surface area contributed by atoms with Crippen molar-refractivity contribution in [1.82, 2.24) is 4.31 Å². The van der Waals surface area contributed by atoms with Crippen LogP contribution in [0.3, 0.4) is 0 Å². The highest BCUT2D eigenvalue weighted by Gasteiger charge is 2.32. The van der Waals surface area contributed by atoms with E-state index < -0.39 is 27.1 Å². The van der Waals surface area contributed by atoms with Gasteiger partial charge in [0.15, 0.2) is 5.25 Å². The average molecular weight is 284 g/mol. The maximum Gasteiger partial charge on any atom is 0.230 e. The zero-order valence-electron chi connectivity index (χ0n) is 11.2. The standard InChI is InChI=1S/C13H17FN2O2S/c1-4-11(9-15)19(17,18)16(3)10(2)12-7-5-6-8-13(12)14/h5-8,10-11H,4H2,1-3H3. The molecule has 19 heavy (non-hydrogen) atoms. The predicted octanol–water partition coefficient (Wildman–Crippen LogP) is 2.45. The summed E-state index contributed by atoms with van der Waals surface area (Å²) >= 11 is 0. The van der Waals surface area contributed by atoms with Crippen molar-refractivity contribution in [1.29, 1.82) is 5.26 Å². The molecule has 0 saturated heterocycles. The van der Waals surface area contributed by atoms with Crippen molar-refractivity contribution in [2.75, 3.05) is 7.05 Å². The van der Waals surface area contributed by atoms with Gasteiger partial charge >= 0.3 is 0 Å². The fourth-order valence-electron chi connectivity index (χ4n) is 1.80. The Labute approximate surface area is 113 Å². The fourth-order valence-corrected chi connectivity index (χ4v) is 3.31. The second-order valence-corrected chi connectivity index (χ2v) is 6.46. The van der Waals surface area contributed by atoms with E-state index in [0.29, 0.717) is 5.56 Å². The highest BCUT2D eigenvalue weighted by Crippen LogP contribution is 2.26. The first-order chi connectivity index (χ1) is 8.86. The van der Waals surface area contributed by atoms with Crippen molar-refractivity contribution in [3.8, 4) is 6.07 Å². The lowest BCUT2D eigenvalue weighted by Gasteiger charge is -2.26. The van der Waals surface area contributed by atoms with Gasteiger partial charge in [0.2, 0.25) is 10.0 Å². The SMILES string of the molecule is CCC(C#N)S(=O)(=O)N(C)C(C)c1ccccc1F. The van der Waals surface area contributed by atoms with Gasteiger partial charge in [-0.25, -0.2) is 12.8 Å². The van der Waals surface area contributed by atoms with Crippen LogP contribution < -0.4 is 0 Å². The number of hydrogen-bond donors (Lipinski definition) is 0. The summed E-state index contributed by atoms with van der Waals surface area (Å²) in [5, 5.41) is 7.78. The first kappa shape index (κ1) is 15.6. The molecular weight excluding hydrogens is 267 g/mol. The van der Waals surface area contributed by atoms with E-state index in [2.05, 4.69) is 0 Å². The normalized spacial score (nSPS) is 14.9. The van der Waals surface area contributed by atoms with Crippen LogP contribution in [0.4, 0.5) is 4.39 Å². The van der Waals surface area contributed by atoms with Crippen molar-refractivity contribution < 1.29 is 12.8 Å². The molecule has 0 radical (unpaired) electrons. The van der Waals surface area contributed by atoms with Crippen LogP contribution in [0.25, 0.3) is 0 Å². The number of nitrogens with zero attached hydrogens (tertiary/aromatic N) is 2. The summed E-state index contributed by atoms with van der Waals surface area (Å²) in [6.45, 7) is 3.23. The van der Waals surface area contributed by atoms with Crippen molar-refractivity contribution in [2.45, 2.75) is 31.6 Å². The molecule has 0 heterocycles. The molecule has 0 aliphatic carbocycles. The number of halogens is 1. The maximum absolute atomic E-state index is 13.7. The molecule has 104 valence electrons.